The lowest BCUT2D eigenvalue weighted by molar-refractivity contribution is -0.161. The first-order chi connectivity index (χ1) is 52.2. The number of hydrogen-bond acceptors (Lipinski definition) is 14. The topological polar surface area (TPSA) is 231 Å². The van der Waals surface area contributed by atoms with Crippen molar-refractivity contribution in [1.82, 2.24) is 0 Å². The number of ether oxygens (including phenoxy) is 3. The van der Waals surface area contributed by atoms with Crippen LogP contribution in [0.1, 0.15) is 342 Å². The van der Waals surface area contributed by atoms with E-state index in [1.54, 1.807) is 0 Å². The highest BCUT2D eigenvalue weighted by Gasteiger charge is 2.29. The van der Waals surface area contributed by atoms with Crippen LogP contribution in [0.4, 0.5) is 0 Å². The highest BCUT2D eigenvalue weighted by atomic mass is 31.2. The lowest BCUT2D eigenvalue weighted by Gasteiger charge is -2.21. The van der Waals surface area contributed by atoms with E-state index in [-0.39, 0.29) is 19.3 Å². The Bertz CT molecular complexity index is 2530. The Morgan fingerprint density at radius 2 is 0.495 bits per heavy atom. The maximum atomic E-state index is 12.9. The van der Waals surface area contributed by atoms with E-state index < -0.39 is 91.5 Å². The maximum absolute atomic E-state index is 12.9. The summed E-state index contributed by atoms with van der Waals surface area (Å²) in [6, 6.07) is 0. The largest absolute Gasteiger partial charge is 0.472 e. The van der Waals surface area contributed by atoms with Gasteiger partial charge in [0.1, 0.15) is 25.4 Å². The van der Waals surface area contributed by atoms with Crippen LogP contribution >= 0.6 is 15.6 Å². The van der Waals surface area contributed by atoms with Crippen LogP contribution in [0.5, 0.6) is 0 Å². The molecule has 0 aromatic rings. The minimum absolute atomic E-state index is 0.101. The van der Waals surface area contributed by atoms with Crippen LogP contribution in [0.2, 0.25) is 0 Å². The molecular formula is C89H152O16P2. The van der Waals surface area contributed by atoms with E-state index in [4.69, 9.17) is 32.3 Å². The van der Waals surface area contributed by atoms with Gasteiger partial charge in [-0.1, -0.05) is 346 Å². The summed E-state index contributed by atoms with van der Waals surface area (Å²) >= 11 is 0. The number of aliphatic hydroxyl groups excluding tert-OH is 2. The fourth-order valence-corrected chi connectivity index (χ4v) is 12.8. The van der Waals surface area contributed by atoms with Gasteiger partial charge in [-0.05, 0) is 122 Å². The molecule has 0 fully saturated rings. The average Bonchev–Trinajstić information content (AvgIpc) is 0.903. The van der Waals surface area contributed by atoms with Crippen LogP contribution < -0.4 is 0 Å². The van der Waals surface area contributed by atoms with Gasteiger partial charge in [0.2, 0.25) is 0 Å². The van der Waals surface area contributed by atoms with Crippen molar-refractivity contribution in [2.45, 2.75) is 360 Å². The van der Waals surface area contributed by atoms with Gasteiger partial charge in [-0.15, -0.1) is 0 Å². The van der Waals surface area contributed by atoms with E-state index in [1.807, 2.05) is 0 Å². The number of rotatable bonds is 79. The fraction of sp³-hybridized carbons (Fsp3) is 0.697. The predicted octanol–water partition coefficient (Wildman–Crippen LogP) is 25.2. The number of esters is 3. The Labute approximate surface area is 651 Å². The molecule has 5 atom stereocenters. The molecule has 0 amide bonds. The number of carbonyl (C=O) groups excluding carboxylic acids is 3. The monoisotopic (exact) mass is 1540 g/mol. The van der Waals surface area contributed by atoms with Crippen LogP contribution in [-0.4, -0.2) is 95.9 Å². The zero-order chi connectivity index (χ0) is 78.0. The zero-order valence-electron chi connectivity index (χ0n) is 67.3. The van der Waals surface area contributed by atoms with E-state index in [0.717, 1.165) is 161 Å². The lowest BCUT2D eigenvalue weighted by Crippen LogP contribution is -2.30. The first-order valence-corrected chi connectivity index (χ1v) is 45.1. The van der Waals surface area contributed by atoms with E-state index in [9.17, 15) is 43.5 Å². The number of allylic oxidation sites excluding steroid dienone is 24. The Hall–Kier alpha value is -4.57. The van der Waals surface area contributed by atoms with Gasteiger partial charge in [-0.25, -0.2) is 9.13 Å². The molecule has 0 saturated heterocycles. The number of phosphoric ester groups is 2. The summed E-state index contributed by atoms with van der Waals surface area (Å²) in [4.78, 5) is 58.6. The minimum atomic E-state index is -4.93. The van der Waals surface area contributed by atoms with Gasteiger partial charge in [0, 0.05) is 19.3 Å². The first-order valence-electron chi connectivity index (χ1n) is 42.1. The summed E-state index contributed by atoms with van der Waals surface area (Å²) in [6.07, 6.45) is 101. The molecule has 0 radical (unpaired) electrons. The van der Waals surface area contributed by atoms with E-state index in [1.165, 1.54) is 122 Å². The van der Waals surface area contributed by atoms with Gasteiger partial charge in [0.15, 0.2) is 6.10 Å². The summed E-state index contributed by atoms with van der Waals surface area (Å²) in [5, 5.41) is 20.6. The third-order valence-electron chi connectivity index (χ3n) is 17.6. The van der Waals surface area contributed by atoms with Gasteiger partial charge < -0.3 is 34.2 Å². The lowest BCUT2D eigenvalue weighted by atomic mass is 10.0. The van der Waals surface area contributed by atoms with Gasteiger partial charge in [-0.2, -0.15) is 0 Å². The summed E-state index contributed by atoms with van der Waals surface area (Å²) in [7, 11) is -9.79. The van der Waals surface area contributed by atoms with Crippen molar-refractivity contribution in [2.24, 2.45) is 0 Å². The molecule has 4 N–H and O–H groups in total. The molecule has 0 bridgehead atoms. The molecule has 0 heterocycles. The predicted molar refractivity (Wildman–Crippen MR) is 445 cm³/mol. The molecule has 0 aliphatic rings. The van der Waals surface area contributed by atoms with Crippen molar-refractivity contribution >= 4 is 33.6 Å². The van der Waals surface area contributed by atoms with Crippen LogP contribution in [0.25, 0.3) is 0 Å². The molecule has 614 valence electrons. The number of carbonyl (C=O) groups is 3. The van der Waals surface area contributed by atoms with E-state index in [2.05, 4.69) is 167 Å². The Morgan fingerprint density at radius 1 is 0.271 bits per heavy atom. The fourth-order valence-electron chi connectivity index (χ4n) is 11.2. The quantitative estimate of drug-likeness (QED) is 0.0146. The van der Waals surface area contributed by atoms with Crippen LogP contribution in [0, 0.1) is 0 Å². The second-order valence-electron chi connectivity index (χ2n) is 27.9. The molecule has 0 aromatic carbocycles. The van der Waals surface area contributed by atoms with Gasteiger partial charge in [0.05, 0.1) is 26.4 Å². The van der Waals surface area contributed by atoms with Gasteiger partial charge in [0.25, 0.3) is 0 Å². The number of aliphatic hydroxyl groups is 2. The molecule has 18 heteroatoms. The molecule has 5 unspecified atom stereocenters. The Kier molecular flexibility index (Phi) is 77.5. The molecule has 0 aliphatic heterocycles. The van der Waals surface area contributed by atoms with Crippen molar-refractivity contribution in [2.75, 3.05) is 39.6 Å². The van der Waals surface area contributed by atoms with Gasteiger partial charge >= 0.3 is 33.6 Å². The normalized spacial score (nSPS) is 14.6. The van der Waals surface area contributed by atoms with Crippen LogP contribution in [-0.2, 0) is 55.8 Å². The number of phosphoric acid groups is 2. The van der Waals surface area contributed by atoms with Gasteiger partial charge in [-0.3, -0.25) is 32.5 Å². The van der Waals surface area contributed by atoms with Crippen LogP contribution in [0.15, 0.2) is 146 Å². The second-order valence-corrected chi connectivity index (χ2v) is 30.8. The molecule has 0 rings (SSSR count). The smallest absolute Gasteiger partial charge is 0.463 e. The molecule has 107 heavy (non-hydrogen) atoms. The number of unbranched alkanes of at least 4 members (excludes halogenated alkanes) is 32. The molecule has 16 nitrogen and oxygen atoms in total. The summed E-state index contributed by atoms with van der Waals surface area (Å²) < 4.78 is 61.1. The van der Waals surface area contributed by atoms with Crippen LogP contribution in [0.3, 0.4) is 0 Å². The number of hydrogen-bond donors (Lipinski definition) is 4. The maximum Gasteiger partial charge on any atom is 0.472 e. The highest BCUT2D eigenvalue weighted by molar-refractivity contribution is 7.47. The molecule has 0 aliphatic carbocycles. The third kappa shape index (κ3) is 82.2. The molecular weight excluding hydrogens is 1390 g/mol. The van der Waals surface area contributed by atoms with Crippen molar-refractivity contribution < 1.29 is 75.8 Å². The van der Waals surface area contributed by atoms with E-state index in [0.29, 0.717) is 19.3 Å². The summed E-state index contributed by atoms with van der Waals surface area (Å²) in [5.74, 6) is -1.58. The van der Waals surface area contributed by atoms with E-state index >= 15 is 0 Å². The highest BCUT2D eigenvalue weighted by Crippen LogP contribution is 2.45. The first kappa shape index (κ1) is 102. The SMILES string of the molecule is CC/C=C\C/C=C\C/C=C\C/C=C\C/C=C\C/C=C\CCCCCCCCCCCCCCCCCCC(=O)OCC(O)COP(=O)(O)OCC(O)COP(=O)(O)OCC(COC(=O)CCCCCCCC/C=C\C/C=C\C/C=C\C/C=C\C/C=C\C/C=C\CC)OC(=O)CCCCCCCCCCCCC. The molecule has 0 saturated carbocycles. The minimum Gasteiger partial charge on any atom is -0.463 e. The Morgan fingerprint density at radius 3 is 0.785 bits per heavy atom. The standard InChI is InChI=1S/C89H152O16P2/c1-4-7-10-13-16-19-22-24-26-28-30-32-34-36-37-38-39-40-41-42-43-44-45-47-49-50-52-54-56-58-61-63-66-69-72-75-87(92)99-78-84(90)79-101-106(95,96)102-80-85(91)81-103-107(97,98)104-83-86(105-89(94)77-74-71-68-65-60-21-18-15-12-9-6-3)82-100-88(93)76-73-70-67-64-62-59-57-55-53-51-48-46-35-33-31-29-27-25-23-20-17-14-11-8-5-2/h7-8,10-11,16-17,19-20,24-27,30-33,36-37,39-40,46,48,53,55,84-86,90-91H,4-6,9,12-15,18,21-23,28-29,34-35,38,41-45,47,49-52,54,56-83H2,1-3H3,(H,95,96)(H,97,98)/b10-7-,11-8-,19-16-,20-17-,26-24-,27-25-,32-30-,33-31-,37-36-,40-39-,48-46-,55-53-. The van der Waals surface area contributed by atoms with Crippen molar-refractivity contribution in [3.05, 3.63) is 146 Å². The zero-order valence-corrected chi connectivity index (χ0v) is 69.1. The molecule has 0 aromatic heterocycles. The summed E-state index contributed by atoms with van der Waals surface area (Å²) in [6.45, 7) is 2.45. The third-order valence-corrected chi connectivity index (χ3v) is 19.5. The Balaban J connectivity index is 4.37. The summed E-state index contributed by atoms with van der Waals surface area (Å²) in [5.41, 5.74) is 0. The average molecular weight is 1540 g/mol. The molecule has 0 spiro atoms. The van der Waals surface area contributed by atoms with Crippen molar-refractivity contribution in [3.63, 3.8) is 0 Å². The van der Waals surface area contributed by atoms with Crippen molar-refractivity contribution in [1.29, 1.82) is 0 Å². The second kappa shape index (κ2) is 80.9. The van der Waals surface area contributed by atoms with Crippen molar-refractivity contribution in [3.8, 4) is 0 Å².